The fraction of sp³-hybridized carbons (Fsp3) is 0.700. The largest absolute Gasteiger partial charge is 0.352 e. The van der Waals surface area contributed by atoms with Gasteiger partial charge in [0.2, 0.25) is 11.9 Å². The highest BCUT2D eigenvalue weighted by Gasteiger charge is 2.07. The van der Waals surface area contributed by atoms with Crippen LogP contribution in [0.15, 0.2) is 0 Å². The average Bonchev–Trinajstić information content (AvgIpc) is 2.14. The number of hydrogen-bond acceptors (Lipinski definition) is 6. The highest BCUT2D eigenvalue weighted by molar-refractivity contribution is 7.79. The van der Waals surface area contributed by atoms with Gasteiger partial charge in [-0.15, -0.1) is 0 Å². The van der Waals surface area contributed by atoms with Crippen LogP contribution in [0.2, 0.25) is 0 Å². The lowest BCUT2D eigenvalue weighted by Crippen LogP contribution is -2.18. The Labute approximate surface area is 102 Å². The minimum Gasteiger partial charge on any atom is -0.352 e. The highest BCUT2D eigenvalue weighted by atomic mass is 32.1. The van der Waals surface area contributed by atoms with E-state index in [4.69, 9.17) is 0 Å². The Morgan fingerprint density at radius 1 is 0.938 bits per heavy atom. The molecule has 0 spiro atoms. The van der Waals surface area contributed by atoms with Gasteiger partial charge >= 0.3 is 0 Å². The normalized spacial score (nSPS) is 10.9. The third-order valence-corrected chi connectivity index (χ3v) is 1.94. The molecule has 16 heavy (non-hydrogen) atoms. The van der Waals surface area contributed by atoms with Crippen molar-refractivity contribution in [2.75, 3.05) is 10.6 Å². The van der Waals surface area contributed by atoms with Crippen LogP contribution in [0.4, 0.5) is 11.9 Å². The summed E-state index contributed by atoms with van der Waals surface area (Å²) in [7, 11) is 0. The quantitative estimate of drug-likeness (QED) is 0.688. The summed E-state index contributed by atoms with van der Waals surface area (Å²) in [6, 6.07) is 0.587. The first kappa shape index (κ1) is 13.0. The first-order chi connectivity index (χ1) is 7.51. The van der Waals surface area contributed by atoms with Crippen molar-refractivity contribution >= 4 is 24.5 Å². The van der Waals surface area contributed by atoms with Crippen LogP contribution in [0.5, 0.6) is 0 Å². The van der Waals surface area contributed by atoms with Crippen molar-refractivity contribution in [2.45, 2.75) is 45.5 Å². The summed E-state index contributed by atoms with van der Waals surface area (Å²) >= 11 is 4.18. The molecule has 0 unspecified atom stereocenters. The smallest absolute Gasteiger partial charge is 0.227 e. The van der Waals surface area contributed by atoms with E-state index in [-0.39, 0.29) is 0 Å². The van der Waals surface area contributed by atoms with Gasteiger partial charge in [0.15, 0.2) is 0 Å². The SMILES string of the molecule is CC(C)Nc1nc(CS)nc(NC(C)C)n1. The van der Waals surface area contributed by atoms with Crippen LogP contribution in [0, 0.1) is 0 Å². The van der Waals surface area contributed by atoms with Gasteiger partial charge in [-0.3, -0.25) is 0 Å². The Morgan fingerprint density at radius 2 is 1.38 bits per heavy atom. The predicted octanol–water partition coefficient (Wildman–Crippen LogP) is 1.94. The molecule has 0 saturated carbocycles. The summed E-state index contributed by atoms with van der Waals surface area (Å²) < 4.78 is 0. The Hall–Kier alpha value is -1.04. The van der Waals surface area contributed by atoms with Crippen molar-refractivity contribution in [3.63, 3.8) is 0 Å². The number of hydrogen-bond donors (Lipinski definition) is 3. The predicted molar refractivity (Wildman–Crippen MR) is 70.0 cm³/mol. The van der Waals surface area contributed by atoms with E-state index in [1.54, 1.807) is 0 Å². The third-order valence-electron chi connectivity index (χ3n) is 1.66. The zero-order chi connectivity index (χ0) is 12.1. The van der Waals surface area contributed by atoms with Crippen LogP contribution in [0.25, 0.3) is 0 Å². The maximum Gasteiger partial charge on any atom is 0.227 e. The van der Waals surface area contributed by atoms with Crippen molar-refractivity contribution in [3.05, 3.63) is 5.82 Å². The monoisotopic (exact) mass is 241 g/mol. The molecule has 0 aliphatic rings. The summed E-state index contributed by atoms with van der Waals surface area (Å²) in [6.07, 6.45) is 0. The first-order valence-corrected chi connectivity index (χ1v) is 6.03. The Kier molecular flexibility index (Phi) is 4.79. The van der Waals surface area contributed by atoms with Gasteiger partial charge in [0, 0.05) is 12.1 Å². The van der Waals surface area contributed by atoms with Crippen molar-refractivity contribution in [1.82, 2.24) is 15.0 Å². The van der Waals surface area contributed by atoms with Crippen LogP contribution < -0.4 is 10.6 Å². The minimum atomic E-state index is 0.294. The van der Waals surface area contributed by atoms with Crippen molar-refractivity contribution < 1.29 is 0 Å². The van der Waals surface area contributed by atoms with E-state index in [0.29, 0.717) is 35.6 Å². The van der Waals surface area contributed by atoms with Gasteiger partial charge in [-0.2, -0.15) is 27.6 Å². The van der Waals surface area contributed by atoms with E-state index in [0.717, 1.165) is 0 Å². The molecule has 90 valence electrons. The number of nitrogens with one attached hydrogen (secondary N) is 2. The zero-order valence-corrected chi connectivity index (χ0v) is 11.0. The van der Waals surface area contributed by atoms with Gasteiger partial charge in [0.1, 0.15) is 5.82 Å². The second-order valence-corrected chi connectivity index (χ2v) is 4.47. The molecule has 0 bridgehead atoms. The highest BCUT2D eigenvalue weighted by Crippen LogP contribution is 2.09. The molecule has 5 nitrogen and oxygen atoms in total. The maximum absolute atomic E-state index is 4.28. The molecule has 0 aromatic carbocycles. The lowest BCUT2D eigenvalue weighted by Gasteiger charge is -2.12. The van der Waals surface area contributed by atoms with Crippen LogP contribution in [-0.2, 0) is 5.75 Å². The number of rotatable bonds is 5. The van der Waals surface area contributed by atoms with E-state index in [1.165, 1.54) is 0 Å². The molecular weight excluding hydrogens is 222 g/mol. The molecule has 6 heteroatoms. The van der Waals surface area contributed by atoms with Crippen LogP contribution in [0.1, 0.15) is 33.5 Å². The van der Waals surface area contributed by atoms with Gasteiger partial charge in [0.05, 0.1) is 5.75 Å². The summed E-state index contributed by atoms with van der Waals surface area (Å²) in [6.45, 7) is 8.17. The van der Waals surface area contributed by atoms with Crippen molar-refractivity contribution in [2.24, 2.45) is 0 Å². The van der Waals surface area contributed by atoms with E-state index < -0.39 is 0 Å². The molecular formula is C10H19N5S. The number of thiol groups is 1. The number of nitrogens with zero attached hydrogens (tertiary/aromatic N) is 3. The fourth-order valence-electron chi connectivity index (χ4n) is 1.14. The molecule has 0 aliphatic heterocycles. The number of anilines is 2. The molecule has 0 fully saturated rings. The van der Waals surface area contributed by atoms with Crippen LogP contribution >= 0.6 is 12.6 Å². The maximum atomic E-state index is 4.28. The molecule has 2 N–H and O–H groups in total. The Morgan fingerprint density at radius 3 is 1.69 bits per heavy atom. The Bertz CT molecular complexity index is 312. The van der Waals surface area contributed by atoms with Crippen LogP contribution in [0.3, 0.4) is 0 Å². The van der Waals surface area contributed by atoms with Crippen LogP contribution in [-0.4, -0.2) is 27.0 Å². The van der Waals surface area contributed by atoms with E-state index in [9.17, 15) is 0 Å². The minimum absolute atomic E-state index is 0.294. The molecule has 1 aromatic rings. The zero-order valence-electron chi connectivity index (χ0n) is 10.2. The first-order valence-electron chi connectivity index (χ1n) is 5.40. The molecule has 1 rings (SSSR count). The molecule has 0 saturated heterocycles. The fourth-order valence-corrected chi connectivity index (χ4v) is 1.28. The molecule has 0 aliphatic carbocycles. The second kappa shape index (κ2) is 5.89. The molecule has 0 amide bonds. The molecule has 1 heterocycles. The molecule has 1 aromatic heterocycles. The van der Waals surface area contributed by atoms with E-state index >= 15 is 0 Å². The van der Waals surface area contributed by atoms with E-state index in [1.807, 2.05) is 27.7 Å². The van der Waals surface area contributed by atoms with Gasteiger partial charge in [-0.1, -0.05) is 0 Å². The second-order valence-electron chi connectivity index (χ2n) is 4.16. The number of aromatic nitrogens is 3. The molecule has 0 radical (unpaired) electrons. The topological polar surface area (TPSA) is 62.7 Å². The lowest BCUT2D eigenvalue weighted by atomic mass is 10.4. The summed E-state index contributed by atoms with van der Waals surface area (Å²) in [5.74, 6) is 2.36. The van der Waals surface area contributed by atoms with Gasteiger partial charge in [0.25, 0.3) is 0 Å². The standard InChI is InChI=1S/C10H19N5S/c1-6(2)11-9-13-8(5-16)14-10(15-9)12-7(3)4/h6-7,16H,5H2,1-4H3,(H2,11,12,13,14,15). The summed E-state index contributed by atoms with van der Waals surface area (Å²) in [5.41, 5.74) is 0. The lowest BCUT2D eigenvalue weighted by molar-refractivity contribution is 0.832. The average molecular weight is 241 g/mol. The molecule has 0 atom stereocenters. The van der Waals surface area contributed by atoms with E-state index in [2.05, 4.69) is 38.2 Å². The van der Waals surface area contributed by atoms with Gasteiger partial charge < -0.3 is 10.6 Å². The summed E-state index contributed by atoms with van der Waals surface area (Å²) in [4.78, 5) is 12.8. The third kappa shape index (κ3) is 4.22. The summed E-state index contributed by atoms with van der Waals surface area (Å²) in [5, 5.41) is 6.31. The van der Waals surface area contributed by atoms with Gasteiger partial charge in [-0.05, 0) is 27.7 Å². The Balaban J connectivity index is 2.91. The van der Waals surface area contributed by atoms with Gasteiger partial charge in [-0.25, -0.2) is 0 Å². The van der Waals surface area contributed by atoms with Crippen molar-refractivity contribution in [1.29, 1.82) is 0 Å². The van der Waals surface area contributed by atoms with Crippen molar-refractivity contribution in [3.8, 4) is 0 Å².